The van der Waals surface area contributed by atoms with Crippen molar-refractivity contribution in [3.05, 3.63) is 60.2 Å². The number of methoxy groups -OCH3 is 1. The summed E-state index contributed by atoms with van der Waals surface area (Å²) in [4.78, 5) is 4.71. The van der Waals surface area contributed by atoms with Crippen molar-refractivity contribution >= 4 is 11.4 Å². The minimum atomic E-state index is 0.805. The number of hydrogen-bond acceptors (Lipinski definition) is 2. The van der Waals surface area contributed by atoms with Crippen LogP contribution >= 0.6 is 0 Å². The van der Waals surface area contributed by atoms with Crippen LogP contribution in [0.1, 0.15) is 18.9 Å². The molecule has 0 aliphatic rings. The van der Waals surface area contributed by atoms with E-state index in [4.69, 9.17) is 9.73 Å². The molecule has 0 spiro atoms. The molecule has 0 aliphatic heterocycles. The van der Waals surface area contributed by atoms with Gasteiger partial charge in [-0.15, -0.1) is 0 Å². The average Bonchev–Trinajstić information content (AvgIpc) is 2.46. The molecule has 0 aromatic heterocycles. The fourth-order valence-corrected chi connectivity index (χ4v) is 1.85. The molecule has 92 valence electrons. The molecular weight excluding hydrogens is 222 g/mol. The van der Waals surface area contributed by atoms with Crippen LogP contribution < -0.4 is 4.74 Å². The van der Waals surface area contributed by atoms with Crippen LogP contribution in [0.15, 0.2) is 59.6 Å². The molecule has 0 unspecified atom stereocenters. The largest absolute Gasteiger partial charge is 0.494 e. The van der Waals surface area contributed by atoms with Gasteiger partial charge >= 0.3 is 0 Å². The van der Waals surface area contributed by atoms with Crippen LogP contribution in [0.5, 0.6) is 5.75 Å². The summed E-state index contributed by atoms with van der Waals surface area (Å²) in [6, 6.07) is 18.1. The van der Waals surface area contributed by atoms with Crippen molar-refractivity contribution in [2.24, 2.45) is 4.99 Å². The lowest BCUT2D eigenvalue weighted by atomic mass is 10.1. The second-order valence-electron chi connectivity index (χ2n) is 3.95. The van der Waals surface area contributed by atoms with Gasteiger partial charge in [-0.2, -0.15) is 0 Å². The highest BCUT2D eigenvalue weighted by Crippen LogP contribution is 2.27. The van der Waals surface area contributed by atoms with E-state index in [0.717, 1.165) is 29.1 Å². The standard InChI is InChI=1S/C16H17NO/c1-3-14(13-9-5-4-6-10-13)17-15-11-7-8-12-16(15)18-2/h4-12H,3H2,1-2H3. The molecule has 0 saturated carbocycles. The number of aliphatic imine (C=N–C) groups is 1. The predicted molar refractivity (Wildman–Crippen MR) is 75.9 cm³/mol. The second kappa shape index (κ2) is 6.01. The number of nitrogens with zero attached hydrogens (tertiary/aromatic N) is 1. The van der Waals surface area contributed by atoms with Gasteiger partial charge in [0, 0.05) is 5.71 Å². The Morgan fingerprint density at radius 2 is 1.67 bits per heavy atom. The minimum Gasteiger partial charge on any atom is -0.494 e. The normalized spacial score (nSPS) is 11.3. The third-order valence-corrected chi connectivity index (χ3v) is 2.78. The van der Waals surface area contributed by atoms with Gasteiger partial charge in [-0.3, -0.25) is 0 Å². The molecule has 0 bridgehead atoms. The van der Waals surface area contributed by atoms with E-state index in [2.05, 4.69) is 19.1 Å². The maximum Gasteiger partial charge on any atom is 0.144 e. The summed E-state index contributed by atoms with van der Waals surface area (Å²) in [7, 11) is 1.67. The van der Waals surface area contributed by atoms with Crippen LogP contribution in [0.25, 0.3) is 0 Å². The third-order valence-electron chi connectivity index (χ3n) is 2.78. The lowest BCUT2D eigenvalue weighted by Gasteiger charge is -2.07. The van der Waals surface area contributed by atoms with Gasteiger partial charge in [0.15, 0.2) is 0 Å². The van der Waals surface area contributed by atoms with Gasteiger partial charge in [0.05, 0.1) is 7.11 Å². The monoisotopic (exact) mass is 239 g/mol. The summed E-state index contributed by atoms with van der Waals surface area (Å²) in [5.41, 5.74) is 3.10. The number of rotatable bonds is 4. The van der Waals surface area contributed by atoms with Gasteiger partial charge in [-0.1, -0.05) is 49.4 Å². The summed E-state index contributed by atoms with van der Waals surface area (Å²) in [5, 5.41) is 0. The Labute approximate surface area is 108 Å². The van der Waals surface area contributed by atoms with Crippen molar-refractivity contribution in [2.45, 2.75) is 13.3 Å². The molecule has 0 saturated heterocycles. The lowest BCUT2D eigenvalue weighted by Crippen LogP contribution is -1.98. The molecule has 0 fully saturated rings. The average molecular weight is 239 g/mol. The smallest absolute Gasteiger partial charge is 0.144 e. The molecule has 0 N–H and O–H groups in total. The molecule has 2 nitrogen and oxygen atoms in total. The Bertz CT molecular complexity index is 532. The highest BCUT2D eigenvalue weighted by molar-refractivity contribution is 6.02. The minimum absolute atomic E-state index is 0.805. The highest BCUT2D eigenvalue weighted by Gasteiger charge is 2.04. The van der Waals surface area contributed by atoms with Crippen molar-refractivity contribution in [3.63, 3.8) is 0 Å². The number of benzene rings is 2. The van der Waals surface area contributed by atoms with E-state index in [1.165, 1.54) is 0 Å². The van der Waals surface area contributed by atoms with E-state index in [1.807, 2.05) is 42.5 Å². The maximum absolute atomic E-state index is 5.32. The van der Waals surface area contributed by atoms with Crippen molar-refractivity contribution in [1.29, 1.82) is 0 Å². The Kier molecular flexibility index (Phi) is 4.13. The summed E-state index contributed by atoms with van der Waals surface area (Å²) < 4.78 is 5.32. The summed E-state index contributed by atoms with van der Waals surface area (Å²) >= 11 is 0. The molecule has 2 aromatic rings. The Morgan fingerprint density at radius 1 is 1.00 bits per heavy atom. The first-order chi connectivity index (χ1) is 8.85. The van der Waals surface area contributed by atoms with Gasteiger partial charge in [-0.25, -0.2) is 4.99 Å². The zero-order valence-corrected chi connectivity index (χ0v) is 10.8. The van der Waals surface area contributed by atoms with Crippen molar-refractivity contribution < 1.29 is 4.74 Å². The molecule has 2 heteroatoms. The van der Waals surface area contributed by atoms with E-state index in [-0.39, 0.29) is 0 Å². The summed E-state index contributed by atoms with van der Waals surface area (Å²) in [6.45, 7) is 2.11. The maximum atomic E-state index is 5.32. The number of para-hydroxylation sites is 2. The Balaban J connectivity index is 2.41. The van der Waals surface area contributed by atoms with Crippen LogP contribution in [0.4, 0.5) is 5.69 Å². The van der Waals surface area contributed by atoms with E-state index < -0.39 is 0 Å². The zero-order chi connectivity index (χ0) is 12.8. The molecule has 2 rings (SSSR count). The van der Waals surface area contributed by atoms with Gasteiger partial charge in [0.2, 0.25) is 0 Å². The van der Waals surface area contributed by atoms with Crippen LogP contribution in [-0.4, -0.2) is 12.8 Å². The SMILES string of the molecule is CCC(=Nc1ccccc1OC)c1ccccc1. The van der Waals surface area contributed by atoms with Crippen LogP contribution in [0.3, 0.4) is 0 Å². The quantitative estimate of drug-likeness (QED) is 0.732. The molecule has 0 atom stereocenters. The molecule has 0 aliphatic carbocycles. The fraction of sp³-hybridized carbons (Fsp3) is 0.188. The molecular formula is C16H17NO. The molecule has 2 aromatic carbocycles. The molecule has 0 heterocycles. The van der Waals surface area contributed by atoms with Crippen molar-refractivity contribution in [1.82, 2.24) is 0 Å². The summed E-state index contributed by atoms with van der Waals surface area (Å²) in [6.07, 6.45) is 0.891. The number of hydrogen-bond donors (Lipinski definition) is 0. The highest BCUT2D eigenvalue weighted by atomic mass is 16.5. The van der Waals surface area contributed by atoms with Crippen LogP contribution in [-0.2, 0) is 0 Å². The first kappa shape index (κ1) is 12.4. The van der Waals surface area contributed by atoms with Crippen LogP contribution in [0.2, 0.25) is 0 Å². The molecule has 0 amide bonds. The first-order valence-corrected chi connectivity index (χ1v) is 6.11. The second-order valence-corrected chi connectivity index (χ2v) is 3.95. The predicted octanol–water partition coefficient (Wildman–Crippen LogP) is 4.23. The van der Waals surface area contributed by atoms with Crippen molar-refractivity contribution in [2.75, 3.05) is 7.11 Å². The van der Waals surface area contributed by atoms with E-state index >= 15 is 0 Å². The Hall–Kier alpha value is -2.09. The fourth-order valence-electron chi connectivity index (χ4n) is 1.85. The molecule has 18 heavy (non-hydrogen) atoms. The summed E-state index contributed by atoms with van der Waals surface area (Å²) in [5.74, 6) is 0.805. The van der Waals surface area contributed by atoms with Gasteiger partial charge < -0.3 is 4.74 Å². The molecule has 0 radical (unpaired) electrons. The third kappa shape index (κ3) is 2.77. The van der Waals surface area contributed by atoms with E-state index in [1.54, 1.807) is 7.11 Å². The van der Waals surface area contributed by atoms with Gasteiger partial charge in [0.1, 0.15) is 11.4 Å². The van der Waals surface area contributed by atoms with Crippen molar-refractivity contribution in [3.8, 4) is 5.75 Å². The van der Waals surface area contributed by atoms with E-state index in [9.17, 15) is 0 Å². The number of ether oxygens (including phenoxy) is 1. The lowest BCUT2D eigenvalue weighted by molar-refractivity contribution is 0.416. The van der Waals surface area contributed by atoms with Crippen LogP contribution in [0, 0.1) is 0 Å². The van der Waals surface area contributed by atoms with Gasteiger partial charge in [-0.05, 0) is 24.1 Å². The van der Waals surface area contributed by atoms with E-state index in [0.29, 0.717) is 0 Å². The zero-order valence-electron chi connectivity index (χ0n) is 10.8. The first-order valence-electron chi connectivity index (χ1n) is 6.11. The topological polar surface area (TPSA) is 21.6 Å². The van der Waals surface area contributed by atoms with Gasteiger partial charge in [0.25, 0.3) is 0 Å². The Morgan fingerprint density at radius 3 is 2.33 bits per heavy atom.